The summed E-state index contributed by atoms with van der Waals surface area (Å²) in [6.45, 7) is 4.97. The van der Waals surface area contributed by atoms with Crippen LogP contribution in [-0.4, -0.2) is 48.9 Å². The topological polar surface area (TPSA) is 108 Å². The van der Waals surface area contributed by atoms with E-state index in [1.54, 1.807) is 18.2 Å². The summed E-state index contributed by atoms with van der Waals surface area (Å²) in [5, 5.41) is 9.63. The molecule has 0 spiro atoms. The van der Waals surface area contributed by atoms with Crippen molar-refractivity contribution in [3.05, 3.63) is 41.7 Å². The summed E-state index contributed by atoms with van der Waals surface area (Å²) in [4.78, 5) is 14.4. The maximum Gasteiger partial charge on any atom is 0.284 e. The van der Waals surface area contributed by atoms with E-state index in [4.69, 9.17) is 0 Å². The number of aromatic nitrogens is 2. The fourth-order valence-electron chi connectivity index (χ4n) is 3.39. The van der Waals surface area contributed by atoms with Gasteiger partial charge in [-0.15, -0.1) is 4.40 Å². The number of rotatable bonds is 6. The van der Waals surface area contributed by atoms with Gasteiger partial charge in [0.05, 0.1) is 4.90 Å². The highest BCUT2D eigenvalue weighted by atomic mass is 32.2. The van der Waals surface area contributed by atoms with Crippen molar-refractivity contribution in [2.45, 2.75) is 50.8 Å². The molecule has 8 nitrogen and oxygen atoms in total. The molecule has 2 heterocycles. The Balaban J connectivity index is 1.76. The van der Waals surface area contributed by atoms with E-state index < -0.39 is 15.9 Å². The fourth-order valence-corrected chi connectivity index (χ4v) is 4.53. The van der Waals surface area contributed by atoms with Gasteiger partial charge in [-0.05, 0) is 49.4 Å². The second-order valence-electron chi connectivity index (χ2n) is 8.07. The van der Waals surface area contributed by atoms with Gasteiger partial charge in [-0.25, -0.2) is 0 Å². The average molecular weight is 432 g/mol. The number of aromatic amines is 1. The maximum absolute atomic E-state index is 12.8. The van der Waals surface area contributed by atoms with E-state index in [0.29, 0.717) is 23.9 Å². The van der Waals surface area contributed by atoms with Gasteiger partial charge in [0.15, 0.2) is 5.69 Å². The van der Waals surface area contributed by atoms with E-state index in [-0.39, 0.29) is 10.6 Å². The Kier molecular flexibility index (Phi) is 6.91. The summed E-state index contributed by atoms with van der Waals surface area (Å²) in [7, 11) is -2.00. The molecule has 0 atom stereocenters. The molecular formula is C21H29N5O3S. The highest BCUT2D eigenvalue weighted by Crippen LogP contribution is 2.20. The average Bonchev–Trinajstić information content (AvgIpc) is 3.05. The van der Waals surface area contributed by atoms with Crippen molar-refractivity contribution >= 4 is 27.5 Å². The van der Waals surface area contributed by atoms with Crippen molar-refractivity contribution in [2.75, 3.05) is 18.9 Å². The molecule has 162 valence electrons. The standard InChI is InChI=1S/C21H29N5O3S/c1-15(2)12-17-14-19(24-23-17)21(27)22-16-8-7-9-18(13-16)30(28,29)25-20-10-5-4-6-11-26(20)3/h7-9,13-15H,4-6,10-12H2,1-3H3,(H,22,27)(H,23,24). The molecule has 0 radical (unpaired) electrons. The molecule has 0 saturated carbocycles. The van der Waals surface area contributed by atoms with Crippen LogP contribution < -0.4 is 5.32 Å². The lowest BCUT2D eigenvalue weighted by atomic mass is 10.1. The van der Waals surface area contributed by atoms with Crippen LogP contribution in [0.5, 0.6) is 0 Å². The van der Waals surface area contributed by atoms with Crippen LogP contribution in [0.25, 0.3) is 0 Å². The second kappa shape index (κ2) is 9.42. The van der Waals surface area contributed by atoms with Gasteiger partial charge < -0.3 is 10.2 Å². The Morgan fingerprint density at radius 3 is 2.83 bits per heavy atom. The SMILES string of the molecule is CC(C)Cc1cc(C(=O)Nc2cccc(S(=O)(=O)N=C3CCCCCN3C)c2)n[nH]1. The number of hydrogen-bond acceptors (Lipinski definition) is 4. The number of likely N-dealkylation sites (tertiary alicyclic amines) is 1. The lowest BCUT2D eigenvalue weighted by Gasteiger charge is -2.17. The number of nitrogens with one attached hydrogen (secondary N) is 2. The number of sulfonamides is 1. The third kappa shape index (κ3) is 5.69. The third-order valence-corrected chi connectivity index (χ3v) is 6.24. The predicted octanol–water partition coefficient (Wildman–Crippen LogP) is 3.45. The molecule has 1 fully saturated rings. The minimum Gasteiger partial charge on any atom is -0.362 e. The number of amidine groups is 1. The number of nitrogens with zero attached hydrogens (tertiary/aromatic N) is 3. The summed E-state index contributed by atoms with van der Waals surface area (Å²) in [5.41, 5.74) is 1.53. The maximum atomic E-state index is 12.8. The van der Waals surface area contributed by atoms with E-state index in [9.17, 15) is 13.2 Å². The molecule has 0 aliphatic carbocycles. The van der Waals surface area contributed by atoms with Crippen molar-refractivity contribution in [3.8, 4) is 0 Å². The molecule has 2 N–H and O–H groups in total. The molecule has 1 saturated heterocycles. The second-order valence-corrected chi connectivity index (χ2v) is 9.68. The number of carbonyl (C=O) groups is 1. The highest BCUT2D eigenvalue weighted by Gasteiger charge is 2.19. The minimum atomic E-state index is -3.87. The lowest BCUT2D eigenvalue weighted by Crippen LogP contribution is -2.26. The Morgan fingerprint density at radius 1 is 1.27 bits per heavy atom. The smallest absolute Gasteiger partial charge is 0.284 e. The van der Waals surface area contributed by atoms with E-state index >= 15 is 0 Å². The lowest BCUT2D eigenvalue weighted by molar-refractivity contribution is 0.102. The number of anilines is 1. The molecule has 1 amide bonds. The zero-order chi connectivity index (χ0) is 21.7. The number of hydrogen-bond donors (Lipinski definition) is 2. The molecular weight excluding hydrogens is 402 g/mol. The Morgan fingerprint density at radius 2 is 2.07 bits per heavy atom. The zero-order valence-corrected chi connectivity index (χ0v) is 18.5. The van der Waals surface area contributed by atoms with E-state index in [0.717, 1.165) is 37.9 Å². The van der Waals surface area contributed by atoms with Crippen LogP contribution in [0, 0.1) is 5.92 Å². The third-order valence-electron chi connectivity index (χ3n) is 4.94. The Hall–Kier alpha value is -2.68. The molecule has 1 aliphatic rings. The van der Waals surface area contributed by atoms with E-state index in [1.165, 1.54) is 12.1 Å². The number of carbonyl (C=O) groups excluding carboxylic acids is 1. The molecule has 30 heavy (non-hydrogen) atoms. The molecule has 1 aliphatic heterocycles. The van der Waals surface area contributed by atoms with Gasteiger partial charge in [-0.3, -0.25) is 9.89 Å². The molecule has 3 rings (SSSR count). The van der Waals surface area contributed by atoms with Gasteiger partial charge in [0.25, 0.3) is 15.9 Å². The van der Waals surface area contributed by atoms with Crippen molar-refractivity contribution in [1.29, 1.82) is 0 Å². The van der Waals surface area contributed by atoms with Gasteiger partial charge in [0.1, 0.15) is 5.84 Å². The monoisotopic (exact) mass is 431 g/mol. The summed E-state index contributed by atoms with van der Waals surface area (Å²) < 4.78 is 29.7. The molecule has 9 heteroatoms. The largest absolute Gasteiger partial charge is 0.362 e. The molecule has 1 aromatic heterocycles. The summed E-state index contributed by atoms with van der Waals surface area (Å²) in [6.07, 6.45) is 4.46. The van der Waals surface area contributed by atoms with Gasteiger partial charge in [-0.2, -0.15) is 13.5 Å². The van der Waals surface area contributed by atoms with Gasteiger partial charge in [0.2, 0.25) is 0 Å². The van der Waals surface area contributed by atoms with Gasteiger partial charge in [-0.1, -0.05) is 26.3 Å². The van der Waals surface area contributed by atoms with Crippen LogP contribution in [-0.2, 0) is 16.4 Å². The van der Waals surface area contributed by atoms with Crippen LogP contribution in [0.1, 0.15) is 55.7 Å². The van der Waals surface area contributed by atoms with Crippen molar-refractivity contribution in [3.63, 3.8) is 0 Å². The first-order valence-corrected chi connectivity index (χ1v) is 11.7. The van der Waals surface area contributed by atoms with E-state index in [1.807, 2.05) is 11.9 Å². The first kappa shape index (κ1) is 22.0. The Bertz CT molecular complexity index is 1030. The summed E-state index contributed by atoms with van der Waals surface area (Å²) >= 11 is 0. The van der Waals surface area contributed by atoms with Crippen molar-refractivity contribution in [2.24, 2.45) is 10.3 Å². The molecule has 0 bridgehead atoms. The molecule has 0 unspecified atom stereocenters. The van der Waals surface area contributed by atoms with Crippen molar-refractivity contribution < 1.29 is 13.2 Å². The van der Waals surface area contributed by atoms with Gasteiger partial charge >= 0.3 is 0 Å². The summed E-state index contributed by atoms with van der Waals surface area (Å²) in [6, 6.07) is 7.86. The van der Waals surface area contributed by atoms with Crippen LogP contribution in [0.3, 0.4) is 0 Å². The molecule has 1 aromatic carbocycles. The molecule has 2 aromatic rings. The van der Waals surface area contributed by atoms with Crippen LogP contribution in [0.2, 0.25) is 0 Å². The number of H-pyrrole nitrogens is 1. The van der Waals surface area contributed by atoms with E-state index in [2.05, 4.69) is 33.8 Å². The minimum absolute atomic E-state index is 0.0490. The summed E-state index contributed by atoms with van der Waals surface area (Å²) in [5.74, 6) is 0.624. The normalized spacial score (nSPS) is 16.7. The first-order valence-electron chi connectivity index (χ1n) is 10.3. The first-order chi connectivity index (χ1) is 14.2. The van der Waals surface area contributed by atoms with Gasteiger partial charge in [0, 0.05) is 31.4 Å². The number of benzene rings is 1. The number of amides is 1. The fraction of sp³-hybridized carbons (Fsp3) is 0.476. The zero-order valence-electron chi connectivity index (χ0n) is 17.7. The van der Waals surface area contributed by atoms with Crippen LogP contribution >= 0.6 is 0 Å². The Labute approximate surface area is 177 Å². The predicted molar refractivity (Wildman–Crippen MR) is 117 cm³/mol. The van der Waals surface area contributed by atoms with Crippen LogP contribution in [0.15, 0.2) is 39.6 Å². The van der Waals surface area contributed by atoms with Crippen LogP contribution in [0.4, 0.5) is 5.69 Å². The quantitative estimate of drug-likeness (QED) is 0.728. The highest BCUT2D eigenvalue weighted by molar-refractivity contribution is 7.90. The van der Waals surface area contributed by atoms with Crippen molar-refractivity contribution in [1.82, 2.24) is 15.1 Å².